The van der Waals surface area contributed by atoms with Gasteiger partial charge < -0.3 is 14.8 Å². The number of hydrogen-bond donors (Lipinski definition) is 1. The van der Waals surface area contributed by atoms with Gasteiger partial charge in [-0.1, -0.05) is 41.4 Å². The quantitative estimate of drug-likeness (QED) is 0.153. The molecule has 55 heavy (non-hydrogen) atoms. The number of methoxy groups -OCH3 is 1. The Morgan fingerprint density at radius 3 is 2.29 bits per heavy atom. The summed E-state index contributed by atoms with van der Waals surface area (Å²) < 4.78 is 70.6. The number of halogens is 3. The number of nitrogens with one attached hydrogen (secondary N) is 1. The molecular weight excluding hydrogens is 754 g/mol. The summed E-state index contributed by atoms with van der Waals surface area (Å²) in [7, 11) is -0.917. The van der Waals surface area contributed by atoms with Crippen molar-refractivity contribution in [2.24, 2.45) is 7.05 Å². The number of aromatic nitrogens is 4. The standard InChI is InChI=1S/C39H39ClF2N6O6S/c1-22-8-10-23(11-9-22)21-47(55(7,51)52)36-33-29(40)14-15-32(34(33)46(5)45-36)48-35(43-30-20-27(53-6)12-13-28(30)37(48)49)31(44-38(50)54-39(2,3)4)18-24-16-25(41)19-26(42)17-24/h8-17,19-20,31H,18,21H2,1-7H3,(H,44,50). The molecule has 0 fully saturated rings. The first-order valence-electron chi connectivity index (χ1n) is 17.1. The first kappa shape index (κ1) is 39.2. The Morgan fingerprint density at radius 1 is 1.00 bits per heavy atom. The zero-order valence-corrected chi connectivity index (χ0v) is 32.7. The smallest absolute Gasteiger partial charge is 0.408 e. The zero-order chi connectivity index (χ0) is 40.0. The van der Waals surface area contributed by atoms with Gasteiger partial charge in [-0.15, -0.1) is 0 Å². The summed E-state index contributed by atoms with van der Waals surface area (Å²) in [5.41, 5.74) is 0.956. The number of sulfonamides is 1. The van der Waals surface area contributed by atoms with Gasteiger partial charge in [-0.2, -0.15) is 5.10 Å². The van der Waals surface area contributed by atoms with E-state index < -0.39 is 45.0 Å². The van der Waals surface area contributed by atoms with E-state index in [0.29, 0.717) is 11.3 Å². The molecule has 1 atom stereocenters. The van der Waals surface area contributed by atoms with Crippen LogP contribution in [-0.2, 0) is 34.8 Å². The van der Waals surface area contributed by atoms with Gasteiger partial charge in [0, 0.05) is 25.6 Å². The van der Waals surface area contributed by atoms with Crippen LogP contribution in [0.1, 0.15) is 49.3 Å². The second-order valence-corrected chi connectivity index (χ2v) is 16.5. The Labute approximate surface area is 321 Å². The third-order valence-electron chi connectivity index (χ3n) is 8.69. The minimum absolute atomic E-state index is 0.0131. The molecule has 1 unspecified atom stereocenters. The number of carbonyl (C=O) groups excluding carboxylic acids is 1. The van der Waals surface area contributed by atoms with Crippen molar-refractivity contribution in [2.75, 3.05) is 17.7 Å². The van der Waals surface area contributed by atoms with Crippen LogP contribution in [-0.4, -0.2) is 52.8 Å². The maximum atomic E-state index is 14.8. The number of amides is 1. The van der Waals surface area contributed by atoms with Crippen molar-refractivity contribution in [1.82, 2.24) is 24.6 Å². The molecule has 0 radical (unpaired) electrons. The molecule has 0 saturated carbocycles. The van der Waals surface area contributed by atoms with Crippen molar-refractivity contribution in [3.05, 3.63) is 122 Å². The molecule has 16 heteroatoms. The highest BCUT2D eigenvalue weighted by atomic mass is 35.5. The summed E-state index contributed by atoms with van der Waals surface area (Å²) in [6, 6.07) is 16.8. The Balaban J connectivity index is 1.65. The number of rotatable bonds is 10. The molecule has 0 saturated heterocycles. The largest absolute Gasteiger partial charge is 0.497 e. The van der Waals surface area contributed by atoms with Gasteiger partial charge in [0.2, 0.25) is 10.0 Å². The molecule has 0 aliphatic rings. The Kier molecular flexibility index (Phi) is 10.6. The fraction of sp³-hybridized carbons (Fsp3) is 0.282. The second kappa shape index (κ2) is 14.9. The number of nitrogens with zero attached hydrogens (tertiary/aromatic N) is 5. The molecule has 0 aliphatic carbocycles. The van der Waals surface area contributed by atoms with E-state index in [-0.39, 0.29) is 62.7 Å². The summed E-state index contributed by atoms with van der Waals surface area (Å²) in [6.45, 7) is 6.86. The van der Waals surface area contributed by atoms with E-state index in [1.54, 1.807) is 46.0 Å². The lowest BCUT2D eigenvalue weighted by Gasteiger charge is -2.26. The van der Waals surface area contributed by atoms with Gasteiger partial charge >= 0.3 is 6.09 Å². The number of anilines is 1. The van der Waals surface area contributed by atoms with Gasteiger partial charge in [0.25, 0.3) is 5.56 Å². The average molecular weight is 793 g/mol. The van der Waals surface area contributed by atoms with Crippen molar-refractivity contribution in [2.45, 2.75) is 52.3 Å². The normalized spacial score (nSPS) is 12.5. The predicted molar refractivity (Wildman–Crippen MR) is 208 cm³/mol. The van der Waals surface area contributed by atoms with E-state index in [2.05, 4.69) is 10.4 Å². The fourth-order valence-electron chi connectivity index (χ4n) is 6.30. The van der Waals surface area contributed by atoms with Crippen LogP contribution in [0.4, 0.5) is 19.4 Å². The van der Waals surface area contributed by atoms with Crippen LogP contribution in [0.25, 0.3) is 27.5 Å². The van der Waals surface area contributed by atoms with E-state index >= 15 is 0 Å². The SMILES string of the molecule is COc1ccc2c(=O)n(-c3ccc(Cl)c4c(N(Cc5ccc(C)cc5)S(C)(=O)=O)nn(C)c34)c(C(Cc3cc(F)cc(F)c3)NC(=O)OC(C)(C)C)nc2c1. The van der Waals surface area contributed by atoms with Crippen LogP contribution in [0, 0.1) is 18.6 Å². The molecule has 0 aliphatic heterocycles. The molecule has 1 amide bonds. The molecule has 288 valence electrons. The minimum atomic E-state index is -3.95. The second-order valence-electron chi connectivity index (χ2n) is 14.2. The third-order valence-corrected chi connectivity index (χ3v) is 10.1. The number of hydrogen-bond acceptors (Lipinski definition) is 8. The van der Waals surface area contributed by atoms with Crippen LogP contribution in [0.5, 0.6) is 5.75 Å². The van der Waals surface area contributed by atoms with Gasteiger partial charge in [-0.3, -0.25) is 14.0 Å². The van der Waals surface area contributed by atoms with Crippen LogP contribution in [0.15, 0.2) is 77.6 Å². The van der Waals surface area contributed by atoms with Gasteiger partial charge in [-0.25, -0.2) is 31.3 Å². The summed E-state index contributed by atoms with van der Waals surface area (Å²) in [4.78, 5) is 33.1. The molecule has 2 aromatic heterocycles. The number of carbonyl (C=O) groups is 1. The number of ether oxygens (including phenoxy) is 2. The van der Waals surface area contributed by atoms with Crippen molar-refractivity contribution in [3.63, 3.8) is 0 Å². The highest BCUT2D eigenvalue weighted by Crippen LogP contribution is 2.38. The van der Waals surface area contributed by atoms with E-state index in [9.17, 15) is 26.8 Å². The van der Waals surface area contributed by atoms with Crippen LogP contribution >= 0.6 is 11.6 Å². The Bertz CT molecular complexity index is 2600. The van der Waals surface area contributed by atoms with Crippen LogP contribution in [0.3, 0.4) is 0 Å². The number of aryl methyl sites for hydroxylation is 2. The van der Waals surface area contributed by atoms with E-state index in [4.69, 9.17) is 26.1 Å². The van der Waals surface area contributed by atoms with Crippen molar-refractivity contribution in [1.29, 1.82) is 0 Å². The number of fused-ring (bicyclic) bond motifs is 2. The lowest BCUT2D eigenvalue weighted by atomic mass is 10.0. The first-order chi connectivity index (χ1) is 25.8. The predicted octanol–water partition coefficient (Wildman–Crippen LogP) is 7.30. The molecule has 6 rings (SSSR count). The van der Waals surface area contributed by atoms with Crippen LogP contribution in [0.2, 0.25) is 5.02 Å². The van der Waals surface area contributed by atoms with Gasteiger partial charge in [0.15, 0.2) is 5.82 Å². The molecule has 1 N–H and O–H groups in total. The van der Waals surface area contributed by atoms with E-state index in [0.717, 1.165) is 34.3 Å². The van der Waals surface area contributed by atoms with Crippen LogP contribution < -0.4 is 19.9 Å². The minimum Gasteiger partial charge on any atom is -0.497 e. The summed E-state index contributed by atoms with van der Waals surface area (Å²) >= 11 is 6.85. The van der Waals surface area contributed by atoms with Crippen molar-refractivity contribution in [3.8, 4) is 11.4 Å². The maximum absolute atomic E-state index is 14.8. The average Bonchev–Trinajstić information content (AvgIpc) is 3.43. The molecule has 6 aromatic rings. The molecule has 4 aromatic carbocycles. The molecule has 0 bridgehead atoms. The molecule has 2 heterocycles. The monoisotopic (exact) mass is 792 g/mol. The zero-order valence-electron chi connectivity index (χ0n) is 31.1. The van der Waals surface area contributed by atoms with Crippen molar-refractivity contribution < 1.29 is 31.5 Å². The lowest BCUT2D eigenvalue weighted by Crippen LogP contribution is -2.39. The van der Waals surface area contributed by atoms with Gasteiger partial charge in [-0.05, 0) is 75.2 Å². The highest BCUT2D eigenvalue weighted by molar-refractivity contribution is 7.92. The number of benzene rings is 4. The van der Waals surface area contributed by atoms with E-state index in [1.807, 2.05) is 31.2 Å². The lowest BCUT2D eigenvalue weighted by molar-refractivity contribution is 0.0500. The summed E-state index contributed by atoms with van der Waals surface area (Å²) in [6.07, 6.45) is -0.0576. The number of alkyl carbamates (subject to hydrolysis) is 1. The summed E-state index contributed by atoms with van der Waals surface area (Å²) in [5.74, 6) is -1.33. The molecular formula is C39H39ClF2N6O6S. The van der Waals surface area contributed by atoms with E-state index in [1.165, 1.54) is 28.5 Å². The Hall–Kier alpha value is -5.54. The molecule has 0 spiro atoms. The third kappa shape index (κ3) is 8.42. The first-order valence-corrected chi connectivity index (χ1v) is 19.3. The highest BCUT2D eigenvalue weighted by Gasteiger charge is 2.31. The maximum Gasteiger partial charge on any atom is 0.408 e. The van der Waals surface area contributed by atoms with Gasteiger partial charge in [0.05, 0.1) is 58.5 Å². The topological polar surface area (TPSA) is 138 Å². The Morgan fingerprint density at radius 2 is 1.67 bits per heavy atom. The van der Waals surface area contributed by atoms with Crippen molar-refractivity contribution >= 4 is 55.3 Å². The fourth-order valence-corrected chi connectivity index (χ4v) is 7.36. The van der Waals surface area contributed by atoms with Gasteiger partial charge in [0.1, 0.15) is 28.8 Å². The molecule has 12 nitrogen and oxygen atoms in total. The summed E-state index contributed by atoms with van der Waals surface area (Å²) in [5, 5.41) is 7.93.